The second-order valence-corrected chi connectivity index (χ2v) is 7.20. The van der Waals surface area contributed by atoms with E-state index < -0.39 is 0 Å². The highest BCUT2D eigenvalue weighted by atomic mass is 32.2. The molecule has 2 N–H and O–H groups in total. The van der Waals surface area contributed by atoms with Crippen LogP contribution in [0.25, 0.3) is 0 Å². The summed E-state index contributed by atoms with van der Waals surface area (Å²) in [5.41, 5.74) is 1.71. The molecular weight excluding hydrogens is 392 g/mol. The third-order valence-electron chi connectivity index (χ3n) is 4.17. The van der Waals surface area contributed by atoms with Gasteiger partial charge in [-0.1, -0.05) is 11.8 Å². The summed E-state index contributed by atoms with van der Waals surface area (Å²) in [5, 5.41) is 6.40. The van der Waals surface area contributed by atoms with Crippen molar-refractivity contribution in [1.29, 1.82) is 0 Å². The lowest BCUT2D eigenvalue weighted by molar-refractivity contribution is -0.113. The van der Waals surface area contributed by atoms with Crippen molar-refractivity contribution in [3.05, 3.63) is 60.4 Å². The molecular formula is C20H18N4O4S. The second-order valence-electron chi connectivity index (χ2n) is 6.26. The number of carbonyl (C=O) groups excluding carboxylic acids is 2. The molecule has 9 heteroatoms. The van der Waals surface area contributed by atoms with E-state index >= 15 is 0 Å². The van der Waals surface area contributed by atoms with Gasteiger partial charge in [-0.15, -0.1) is 0 Å². The highest BCUT2D eigenvalue weighted by Crippen LogP contribution is 2.34. The predicted molar refractivity (Wildman–Crippen MR) is 110 cm³/mol. The third kappa shape index (κ3) is 4.52. The van der Waals surface area contributed by atoms with Crippen LogP contribution in [0.3, 0.4) is 0 Å². The molecule has 0 atom stereocenters. The lowest BCUT2D eigenvalue weighted by Gasteiger charge is -2.08. The molecule has 0 saturated heterocycles. The van der Waals surface area contributed by atoms with Crippen molar-refractivity contribution in [2.45, 2.75) is 5.16 Å². The molecule has 2 amide bonds. The molecule has 1 aliphatic rings. The Morgan fingerprint density at radius 3 is 2.59 bits per heavy atom. The van der Waals surface area contributed by atoms with Gasteiger partial charge in [0.25, 0.3) is 5.91 Å². The fourth-order valence-corrected chi connectivity index (χ4v) is 3.43. The number of aryl methyl sites for hydroxylation is 1. The number of ether oxygens (including phenoxy) is 2. The quantitative estimate of drug-likeness (QED) is 0.607. The summed E-state index contributed by atoms with van der Waals surface area (Å²) < 4.78 is 12.4. The Bertz CT molecular complexity index is 1050. The van der Waals surface area contributed by atoms with E-state index in [1.54, 1.807) is 48.7 Å². The van der Waals surface area contributed by atoms with Crippen molar-refractivity contribution in [1.82, 2.24) is 9.55 Å². The number of nitrogens with zero attached hydrogens (tertiary/aromatic N) is 2. The average molecular weight is 410 g/mol. The minimum atomic E-state index is -0.257. The molecule has 3 aromatic rings. The number of benzene rings is 2. The van der Waals surface area contributed by atoms with E-state index in [4.69, 9.17) is 9.47 Å². The van der Waals surface area contributed by atoms with Crippen LogP contribution in [0.1, 0.15) is 10.4 Å². The van der Waals surface area contributed by atoms with E-state index in [2.05, 4.69) is 15.6 Å². The summed E-state index contributed by atoms with van der Waals surface area (Å²) in [6.07, 6.45) is 3.52. The molecule has 0 unspecified atom stereocenters. The van der Waals surface area contributed by atoms with Crippen LogP contribution in [-0.4, -0.2) is 33.9 Å². The number of thioether (sulfide) groups is 1. The largest absolute Gasteiger partial charge is 0.454 e. The molecule has 0 aliphatic carbocycles. The number of rotatable bonds is 6. The van der Waals surface area contributed by atoms with Gasteiger partial charge in [-0.3, -0.25) is 9.59 Å². The monoisotopic (exact) mass is 410 g/mol. The van der Waals surface area contributed by atoms with E-state index in [0.29, 0.717) is 28.4 Å². The Labute approximate surface area is 171 Å². The van der Waals surface area contributed by atoms with E-state index in [9.17, 15) is 9.59 Å². The first-order valence-electron chi connectivity index (χ1n) is 8.79. The number of hydrogen-bond donors (Lipinski definition) is 2. The summed E-state index contributed by atoms with van der Waals surface area (Å²) in [4.78, 5) is 28.7. The summed E-state index contributed by atoms with van der Waals surface area (Å²) in [7, 11) is 1.88. The van der Waals surface area contributed by atoms with Gasteiger partial charge in [0.1, 0.15) is 0 Å². The zero-order chi connectivity index (χ0) is 20.2. The van der Waals surface area contributed by atoms with Crippen molar-refractivity contribution < 1.29 is 19.1 Å². The zero-order valence-electron chi connectivity index (χ0n) is 15.5. The van der Waals surface area contributed by atoms with Crippen molar-refractivity contribution in [3.63, 3.8) is 0 Å². The topological polar surface area (TPSA) is 94.5 Å². The van der Waals surface area contributed by atoms with Gasteiger partial charge in [-0.25, -0.2) is 4.98 Å². The zero-order valence-corrected chi connectivity index (χ0v) is 16.4. The number of hydrogen-bond acceptors (Lipinski definition) is 6. The van der Waals surface area contributed by atoms with Gasteiger partial charge >= 0.3 is 0 Å². The van der Waals surface area contributed by atoms with Gasteiger partial charge in [0.05, 0.1) is 5.75 Å². The number of aromatic nitrogens is 2. The van der Waals surface area contributed by atoms with Crippen molar-refractivity contribution in [2.75, 3.05) is 23.2 Å². The average Bonchev–Trinajstić information content (AvgIpc) is 3.35. The minimum Gasteiger partial charge on any atom is -0.454 e. The fraction of sp³-hybridized carbons (Fsp3) is 0.150. The van der Waals surface area contributed by atoms with Crippen LogP contribution >= 0.6 is 11.8 Å². The van der Waals surface area contributed by atoms with Crippen molar-refractivity contribution >= 4 is 35.0 Å². The van der Waals surface area contributed by atoms with Crippen molar-refractivity contribution in [2.24, 2.45) is 7.05 Å². The number of imidazole rings is 1. The maximum Gasteiger partial charge on any atom is 0.255 e. The van der Waals surface area contributed by atoms with Crippen LogP contribution in [-0.2, 0) is 11.8 Å². The predicted octanol–water partition coefficient (Wildman–Crippen LogP) is 3.13. The molecule has 4 rings (SSSR count). The van der Waals surface area contributed by atoms with Gasteiger partial charge < -0.3 is 24.7 Å². The van der Waals surface area contributed by atoms with Gasteiger partial charge in [0.2, 0.25) is 12.7 Å². The first-order chi connectivity index (χ1) is 14.1. The normalized spacial score (nSPS) is 11.9. The number of nitrogens with one attached hydrogen (secondary N) is 2. The summed E-state index contributed by atoms with van der Waals surface area (Å²) in [5.74, 6) is 1.10. The Morgan fingerprint density at radius 2 is 1.83 bits per heavy atom. The molecule has 8 nitrogen and oxygen atoms in total. The molecule has 0 radical (unpaired) electrons. The third-order valence-corrected chi connectivity index (χ3v) is 5.23. The molecule has 2 aromatic carbocycles. The van der Waals surface area contributed by atoms with Gasteiger partial charge in [-0.2, -0.15) is 0 Å². The maximum absolute atomic E-state index is 12.4. The number of amides is 2. The van der Waals surface area contributed by atoms with Crippen LogP contribution in [0.5, 0.6) is 11.5 Å². The lowest BCUT2D eigenvalue weighted by Crippen LogP contribution is -2.15. The summed E-state index contributed by atoms with van der Waals surface area (Å²) >= 11 is 1.36. The van der Waals surface area contributed by atoms with Crippen LogP contribution < -0.4 is 20.1 Å². The fourth-order valence-electron chi connectivity index (χ4n) is 2.70. The standard InChI is InChI=1S/C20H18N4O4S/c1-24-9-8-21-20(24)29-11-18(25)22-14-4-2-13(3-5-14)19(26)23-15-6-7-16-17(10-15)28-12-27-16/h2-10H,11-12H2,1H3,(H,22,25)(H,23,26). The molecule has 0 fully saturated rings. The molecule has 29 heavy (non-hydrogen) atoms. The molecule has 0 spiro atoms. The van der Waals surface area contributed by atoms with Crippen LogP contribution in [0, 0.1) is 0 Å². The highest BCUT2D eigenvalue weighted by molar-refractivity contribution is 7.99. The summed E-state index contributed by atoms with van der Waals surface area (Å²) in [6.45, 7) is 0.181. The Kier molecular flexibility index (Phi) is 5.39. The van der Waals surface area contributed by atoms with Gasteiger partial charge in [-0.05, 0) is 36.4 Å². The van der Waals surface area contributed by atoms with E-state index in [-0.39, 0.29) is 24.4 Å². The second kappa shape index (κ2) is 8.27. The van der Waals surface area contributed by atoms with E-state index in [1.165, 1.54) is 11.8 Å². The minimum absolute atomic E-state index is 0.143. The van der Waals surface area contributed by atoms with E-state index in [0.717, 1.165) is 5.16 Å². The number of fused-ring (bicyclic) bond motifs is 1. The maximum atomic E-state index is 12.4. The Balaban J connectivity index is 1.31. The highest BCUT2D eigenvalue weighted by Gasteiger charge is 2.15. The lowest BCUT2D eigenvalue weighted by atomic mass is 10.2. The molecule has 0 saturated carbocycles. The molecule has 0 bridgehead atoms. The van der Waals surface area contributed by atoms with Gasteiger partial charge in [0.15, 0.2) is 16.7 Å². The number of carbonyl (C=O) groups is 2. The van der Waals surface area contributed by atoms with Crippen LogP contribution in [0.2, 0.25) is 0 Å². The molecule has 1 aliphatic heterocycles. The smallest absolute Gasteiger partial charge is 0.255 e. The molecule has 1 aromatic heterocycles. The summed E-state index contributed by atoms with van der Waals surface area (Å²) in [6, 6.07) is 11.9. The molecule has 2 heterocycles. The first kappa shape index (κ1) is 18.9. The molecule has 148 valence electrons. The van der Waals surface area contributed by atoms with Crippen LogP contribution in [0.15, 0.2) is 60.0 Å². The van der Waals surface area contributed by atoms with Crippen LogP contribution in [0.4, 0.5) is 11.4 Å². The Hall–Kier alpha value is -3.46. The van der Waals surface area contributed by atoms with Gasteiger partial charge in [0, 0.05) is 42.4 Å². The van der Waals surface area contributed by atoms with E-state index in [1.807, 2.05) is 17.8 Å². The number of anilines is 2. The van der Waals surface area contributed by atoms with Crippen molar-refractivity contribution in [3.8, 4) is 11.5 Å². The Morgan fingerprint density at radius 1 is 1.07 bits per heavy atom. The first-order valence-corrected chi connectivity index (χ1v) is 9.78. The SMILES string of the molecule is Cn1ccnc1SCC(=O)Nc1ccc(C(=O)Nc2ccc3c(c2)OCO3)cc1.